The van der Waals surface area contributed by atoms with Crippen LogP contribution in [0.5, 0.6) is 0 Å². The Balaban J connectivity index is 0.000000303. The molecule has 7 rings (SSSR count). The average molecular weight is 814 g/mol. The zero-order chi connectivity index (χ0) is 34.0. The topological polar surface area (TPSA) is 30.7 Å². The molecular weight excluding hydrogens is 771 g/mol. The van der Waals surface area contributed by atoms with Crippen LogP contribution in [0.25, 0.3) is 49.5 Å². The third-order valence-corrected chi connectivity index (χ3v) is 8.83. The number of thiophene rings is 1. The Kier molecular flexibility index (Phi) is 10.3. The van der Waals surface area contributed by atoms with E-state index >= 15 is 0 Å². The number of hydrogen-bond acceptors (Lipinski definition) is 3. The molecule has 47 heavy (non-hydrogen) atoms. The van der Waals surface area contributed by atoms with Gasteiger partial charge in [-0.3, -0.25) is 16.3 Å². The van der Waals surface area contributed by atoms with Crippen LogP contribution in [0.3, 0.4) is 0 Å². The quantitative estimate of drug-likeness (QED) is 0.150. The summed E-state index contributed by atoms with van der Waals surface area (Å²) >= 11 is 1.54. The van der Waals surface area contributed by atoms with E-state index in [1.54, 1.807) is 17.5 Å². The van der Waals surface area contributed by atoms with Gasteiger partial charge in [0.15, 0.2) is 0 Å². The zero-order valence-corrected chi connectivity index (χ0v) is 30.9. The van der Waals surface area contributed by atoms with Crippen molar-refractivity contribution in [1.29, 1.82) is 0 Å². The molecule has 4 aromatic carbocycles. The van der Waals surface area contributed by atoms with E-state index in [1.165, 1.54) is 16.8 Å². The van der Waals surface area contributed by atoms with E-state index in [9.17, 15) is 0 Å². The van der Waals surface area contributed by atoms with Gasteiger partial charge in [0.2, 0.25) is 0 Å². The number of imidazole rings is 1. The van der Waals surface area contributed by atoms with E-state index in [2.05, 4.69) is 91.2 Å². The number of benzene rings is 4. The second-order valence-electron chi connectivity index (χ2n) is 12.4. The molecule has 0 amide bonds. The van der Waals surface area contributed by atoms with Gasteiger partial charge in [-0.05, 0) is 59.1 Å². The molecule has 0 saturated heterocycles. The third-order valence-electron chi connectivity index (χ3n) is 7.97. The number of fused-ring (bicyclic) bond motifs is 2. The first-order valence-electron chi connectivity index (χ1n) is 17.0. The normalized spacial score (nSPS) is 12.2. The van der Waals surface area contributed by atoms with Crippen molar-refractivity contribution < 1.29 is 22.8 Å². The second kappa shape index (κ2) is 15.3. The maximum absolute atomic E-state index is 8.56. The minimum atomic E-state index is -1.38. The summed E-state index contributed by atoms with van der Waals surface area (Å²) in [5, 5.41) is 4.61. The van der Waals surface area contributed by atoms with Crippen LogP contribution in [0.4, 0.5) is 0 Å². The van der Waals surface area contributed by atoms with E-state index in [4.69, 9.17) is 7.73 Å². The molecule has 0 N–H and O–H groups in total. The summed E-state index contributed by atoms with van der Waals surface area (Å²) < 4.78 is 20.5. The standard InChI is InChI=1S/C31H33N2S.C11H8N.Ir/c1-19(2)16-22-14-15-25-26(18-34-29(25)17-22)31-32-27-12-7-8-13-28(27)33(31)30-23(20(3)4)10-9-11-24(30)21(5)6;1-2-6-10(7-3-1)11-8-4-5-9-12-11;/h7-15,17,19-21H,16H2,1-6H3;1-6,8-9H;/q2*-1;/i16D2;;. The minimum Gasteiger partial charge on any atom is -0.333 e. The van der Waals surface area contributed by atoms with Crippen molar-refractivity contribution in [3.8, 4) is 28.3 Å². The Hall–Kier alpha value is -3.89. The molecule has 0 aliphatic rings. The largest absolute Gasteiger partial charge is 0.333 e. The van der Waals surface area contributed by atoms with Gasteiger partial charge in [-0.15, -0.1) is 47.3 Å². The van der Waals surface area contributed by atoms with E-state index in [-0.39, 0.29) is 26.0 Å². The first-order valence-corrected chi connectivity index (χ1v) is 16.8. The first kappa shape index (κ1) is 31.7. The number of para-hydroxylation sites is 3. The molecule has 0 fully saturated rings. The van der Waals surface area contributed by atoms with Gasteiger partial charge in [-0.25, -0.2) is 0 Å². The number of nitrogens with zero attached hydrogens (tertiary/aromatic N) is 3. The van der Waals surface area contributed by atoms with Crippen molar-refractivity contribution in [2.24, 2.45) is 5.92 Å². The Labute approximate surface area is 299 Å². The van der Waals surface area contributed by atoms with Crippen LogP contribution in [-0.2, 0) is 26.5 Å². The maximum atomic E-state index is 8.56. The molecule has 0 atom stereocenters. The molecule has 0 saturated carbocycles. The molecule has 1 radical (unpaired) electrons. The first-order chi connectivity index (χ1) is 23.1. The van der Waals surface area contributed by atoms with Gasteiger partial charge >= 0.3 is 0 Å². The summed E-state index contributed by atoms with van der Waals surface area (Å²) in [5.41, 5.74) is 9.56. The molecule has 0 aliphatic carbocycles. The van der Waals surface area contributed by atoms with Crippen molar-refractivity contribution in [1.82, 2.24) is 14.5 Å². The molecule has 5 heteroatoms. The van der Waals surface area contributed by atoms with Gasteiger partial charge in [0.1, 0.15) is 0 Å². The molecule has 3 heterocycles. The molecular formula is C42H41IrN3S-2. The fourth-order valence-electron chi connectivity index (χ4n) is 5.83. The Morgan fingerprint density at radius 3 is 2.19 bits per heavy atom. The smallest absolute Gasteiger partial charge is 0.0774 e. The van der Waals surface area contributed by atoms with Crippen LogP contribution in [0, 0.1) is 17.4 Å². The summed E-state index contributed by atoms with van der Waals surface area (Å²) in [6.07, 6.45) is 0.407. The number of aromatic nitrogens is 3. The van der Waals surface area contributed by atoms with Crippen LogP contribution in [0.2, 0.25) is 0 Å². The Bertz CT molecular complexity index is 2090. The molecule has 3 nitrogen and oxygen atoms in total. The summed E-state index contributed by atoms with van der Waals surface area (Å²) in [7, 11) is 0. The zero-order valence-electron chi connectivity index (χ0n) is 29.7. The van der Waals surface area contributed by atoms with E-state index < -0.39 is 6.37 Å². The van der Waals surface area contributed by atoms with Gasteiger partial charge in [0.05, 0.1) is 16.9 Å². The van der Waals surface area contributed by atoms with Crippen LogP contribution in [0.1, 0.15) is 72.8 Å². The van der Waals surface area contributed by atoms with Crippen molar-refractivity contribution in [2.45, 2.75) is 59.8 Å². The number of rotatable bonds is 7. The average Bonchev–Trinajstić information content (AvgIpc) is 3.70. The molecule has 0 spiro atoms. The van der Waals surface area contributed by atoms with Crippen molar-refractivity contribution >= 4 is 32.5 Å². The minimum absolute atomic E-state index is 0. The van der Waals surface area contributed by atoms with Crippen molar-refractivity contribution in [2.75, 3.05) is 0 Å². The van der Waals surface area contributed by atoms with Gasteiger partial charge < -0.3 is 9.55 Å². The van der Waals surface area contributed by atoms with Crippen molar-refractivity contribution in [3.63, 3.8) is 0 Å². The van der Waals surface area contributed by atoms with E-state index in [0.29, 0.717) is 17.4 Å². The van der Waals surface area contributed by atoms with Crippen LogP contribution < -0.4 is 0 Å². The predicted molar refractivity (Wildman–Crippen MR) is 196 cm³/mol. The third kappa shape index (κ3) is 7.49. The fourth-order valence-corrected chi connectivity index (χ4v) is 6.71. The monoisotopic (exact) mass is 814 g/mol. The van der Waals surface area contributed by atoms with Crippen LogP contribution in [-0.4, -0.2) is 14.5 Å². The molecule has 0 unspecified atom stereocenters. The van der Waals surface area contributed by atoms with Crippen LogP contribution >= 0.6 is 11.3 Å². The van der Waals surface area contributed by atoms with Gasteiger partial charge in [-0.2, -0.15) is 0 Å². The molecule has 7 aromatic rings. The SMILES string of the molecule is [2H]C([2H])(c1ccc2c(-c3nc4ccccc4n3-c3c(C(C)C)cccc3C(C)C)[c-]sc2c1)C(C)C.[Ir].[c-]1ccccc1-c1ccccn1. The Morgan fingerprint density at radius 1 is 0.809 bits per heavy atom. The molecule has 241 valence electrons. The van der Waals surface area contributed by atoms with E-state index in [1.807, 2.05) is 74.5 Å². The maximum Gasteiger partial charge on any atom is 0.0774 e. The van der Waals surface area contributed by atoms with E-state index in [0.717, 1.165) is 43.8 Å². The van der Waals surface area contributed by atoms with Gasteiger partial charge in [-0.1, -0.05) is 117 Å². The van der Waals surface area contributed by atoms with Gasteiger partial charge in [0.25, 0.3) is 0 Å². The second-order valence-corrected chi connectivity index (χ2v) is 13.3. The molecule has 0 bridgehead atoms. The van der Waals surface area contributed by atoms with Gasteiger partial charge in [0, 0.05) is 34.7 Å². The summed E-state index contributed by atoms with van der Waals surface area (Å²) in [5.74, 6) is 1.50. The summed E-state index contributed by atoms with van der Waals surface area (Å²) in [6.45, 7) is 12.8. The number of hydrogen-bond donors (Lipinski definition) is 0. The van der Waals surface area contributed by atoms with Crippen molar-refractivity contribution in [3.05, 3.63) is 137 Å². The number of pyridine rings is 1. The fraction of sp³-hybridized carbons (Fsp3) is 0.238. The molecule has 3 aromatic heterocycles. The Morgan fingerprint density at radius 2 is 1.53 bits per heavy atom. The summed E-state index contributed by atoms with van der Waals surface area (Å²) in [6, 6.07) is 37.8. The predicted octanol–water partition coefficient (Wildman–Crippen LogP) is 11.7. The summed E-state index contributed by atoms with van der Waals surface area (Å²) in [4.78, 5) is 9.36. The molecule has 0 aliphatic heterocycles. The van der Waals surface area contributed by atoms with Crippen LogP contribution in [0.15, 0.2) is 109 Å².